The zero-order chi connectivity index (χ0) is 12.1. The first-order valence-electron chi connectivity index (χ1n) is 5.35. The van der Waals surface area contributed by atoms with Crippen LogP contribution in [0, 0.1) is 11.7 Å². The van der Waals surface area contributed by atoms with Gasteiger partial charge in [-0.25, -0.2) is 4.39 Å². The van der Waals surface area contributed by atoms with Gasteiger partial charge in [0.15, 0.2) is 0 Å². The summed E-state index contributed by atoms with van der Waals surface area (Å²) in [5.74, 6) is -0.0422. The fourth-order valence-corrected chi connectivity index (χ4v) is 1.58. The lowest BCUT2D eigenvalue weighted by atomic mass is 10.1. The Morgan fingerprint density at radius 1 is 1.38 bits per heavy atom. The van der Waals surface area contributed by atoms with Gasteiger partial charge in [0.1, 0.15) is 5.82 Å². The Hall–Kier alpha value is -0.640. The molecule has 1 aromatic rings. The third-order valence-electron chi connectivity index (χ3n) is 2.23. The van der Waals surface area contributed by atoms with E-state index in [1.54, 1.807) is 12.1 Å². The van der Waals surface area contributed by atoms with E-state index in [1.807, 2.05) is 0 Å². The Balaban J connectivity index is 2.59. The van der Waals surface area contributed by atoms with Crippen LogP contribution in [0.1, 0.15) is 25.5 Å². The minimum atomic E-state index is -0.863. The van der Waals surface area contributed by atoms with Gasteiger partial charge < -0.3 is 10.4 Å². The minimum absolute atomic E-state index is 0.0420. The Bertz CT molecular complexity index is 344. The second-order valence-electron chi connectivity index (χ2n) is 4.21. The standard InChI is InChI=1S/C12H17ClFNO/c1-8(2)6-15-7-11(16)9-4-3-5-10(13)12(9)14/h3-5,8,11,15-16H,6-7H2,1-2H3. The number of hydrogen-bond donors (Lipinski definition) is 2. The Kier molecular flexibility index (Phi) is 5.19. The number of halogens is 2. The van der Waals surface area contributed by atoms with Crippen LogP contribution in [0.3, 0.4) is 0 Å². The first-order valence-corrected chi connectivity index (χ1v) is 5.73. The number of rotatable bonds is 5. The SMILES string of the molecule is CC(C)CNCC(O)c1cccc(Cl)c1F. The van der Waals surface area contributed by atoms with Gasteiger partial charge in [0.25, 0.3) is 0 Å². The lowest BCUT2D eigenvalue weighted by molar-refractivity contribution is 0.169. The third-order valence-corrected chi connectivity index (χ3v) is 2.52. The number of aliphatic hydroxyl groups is 1. The van der Waals surface area contributed by atoms with E-state index in [2.05, 4.69) is 19.2 Å². The maximum absolute atomic E-state index is 13.5. The number of benzene rings is 1. The second kappa shape index (κ2) is 6.18. The maximum Gasteiger partial charge on any atom is 0.147 e. The predicted molar refractivity (Wildman–Crippen MR) is 64.1 cm³/mol. The smallest absolute Gasteiger partial charge is 0.147 e. The normalized spacial score (nSPS) is 13.1. The summed E-state index contributed by atoms with van der Waals surface area (Å²) in [6.07, 6.45) is -0.863. The van der Waals surface area contributed by atoms with Crippen molar-refractivity contribution in [1.29, 1.82) is 0 Å². The third kappa shape index (κ3) is 3.74. The van der Waals surface area contributed by atoms with E-state index in [-0.39, 0.29) is 10.6 Å². The molecule has 0 fully saturated rings. The monoisotopic (exact) mass is 245 g/mol. The highest BCUT2D eigenvalue weighted by Gasteiger charge is 2.14. The highest BCUT2D eigenvalue weighted by Crippen LogP contribution is 2.22. The van der Waals surface area contributed by atoms with Crippen molar-refractivity contribution in [3.05, 3.63) is 34.6 Å². The van der Waals surface area contributed by atoms with Gasteiger partial charge in [0.2, 0.25) is 0 Å². The Morgan fingerprint density at radius 2 is 2.06 bits per heavy atom. The van der Waals surface area contributed by atoms with Crippen LogP contribution >= 0.6 is 11.6 Å². The molecule has 0 bridgehead atoms. The van der Waals surface area contributed by atoms with Crippen molar-refractivity contribution in [2.45, 2.75) is 20.0 Å². The molecule has 0 aliphatic rings. The van der Waals surface area contributed by atoms with Crippen molar-refractivity contribution >= 4 is 11.6 Å². The van der Waals surface area contributed by atoms with E-state index in [4.69, 9.17) is 11.6 Å². The Morgan fingerprint density at radius 3 is 2.69 bits per heavy atom. The summed E-state index contributed by atoms with van der Waals surface area (Å²) in [5, 5.41) is 12.9. The van der Waals surface area contributed by atoms with E-state index in [0.717, 1.165) is 6.54 Å². The van der Waals surface area contributed by atoms with Crippen LogP contribution in [0.25, 0.3) is 0 Å². The molecule has 90 valence electrons. The summed E-state index contributed by atoms with van der Waals surface area (Å²) < 4.78 is 13.5. The van der Waals surface area contributed by atoms with Gasteiger partial charge in [-0.15, -0.1) is 0 Å². The largest absolute Gasteiger partial charge is 0.387 e. The second-order valence-corrected chi connectivity index (χ2v) is 4.62. The summed E-state index contributed by atoms with van der Waals surface area (Å²) in [4.78, 5) is 0. The summed E-state index contributed by atoms with van der Waals surface area (Å²) >= 11 is 5.64. The highest BCUT2D eigenvalue weighted by molar-refractivity contribution is 6.30. The molecule has 4 heteroatoms. The molecule has 1 unspecified atom stereocenters. The lowest BCUT2D eigenvalue weighted by Crippen LogP contribution is -2.25. The quantitative estimate of drug-likeness (QED) is 0.836. The molecule has 0 saturated heterocycles. The van der Waals surface area contributed by atoms with Crippen molar-refractivity contribution in [3.8, 4) is 0 Å². The summed E-state index contributed by atoms with van der Waals surface area (Å²) in [6, 6.07) is 4.64. The van der Waals surface area contributed by atoms with Crippen LogP contribution in [0.15, 0.2) is 18.2 Å². The summed E-state index contributed by atoms with van der Waals surface area (Å²) in [5.41, 5.74) is 0.240. The van der Waals surface area contributed by atoms with Gasteiger partial charge in [0.05, 0.1) is 11.1 Å². The molecule has 0 spiro atoms. The van der Waals surface area contributed by atoms with Gasteiger partial charge in [0, 0.05) is 12.1 Å². The fourth-order valence-electron chi connectivity index (χ4n) is 1.40. The first-order chi connectivity index (χ1) is 7.52. The van der Waals surface area contributed by atoms with Gasteiger partial charge in [-0.1, -0.05) is 37.6 Å². The average molecular weight is 246 g/mol. The molecule has 0 aromatic heterocycles. The predicted octanol–water partition coefficient (Wildman–Crippen LogP) is 2.76. The van der Waals surface area contributed by atoms with Crippen LogP contribution in [-0.4, -0.2) is 18.2 Å². The number of hydrogen-bond acceptors (Lipinski definition) is 2. The minimum Gasteiger partial charge on any atom is -0.387 e. The van der Waals surface area contributed by atoms with Gasteiger partial charge >= 0.3 is 0 Å². The average Bonchev–Trinajstić information content (AvgIpc) is 2.21. The molecule has 0 amide bonds. The summed E-state index contributed by atoms with van der Waals surface area (Å²) in [6.45, 7) is 5.26. The van der Waals surface area contributed by atoms with Crippen LogP contribution in [-0.2, 0) is 0 Å². The van der Waals surface area contributed by atoms with E-state index >= 15 is 0 Å². The molecule has 0 heterocycles. The van der Waals surface area contributed by atoms with Gasteiger partial charge in [-0.2, -0.15) is 0 Å². The summed E-state index contributed by atoms with van der Waals surface area (Å²) in [7, 11) is 0. The molecule has 1 atom stereocenters. The fraction of sp³-hybridized carbons (Fsp3) is 0.500. The molecular weight excluding hydrogens is 229 g/mol. The highest BCUT2D eigenvalue weighted by atomic mass is 35.5. The molecule has 0 radical (unpaired) electrons. The van der Waals surface area contributed by atoms with Crippen molar-refractivity contribution in [2.75, 3.05) is 13.1 Å². The van der Waals surface area contributed by atoms with Crippen molar-refractivity contribution < 1.29 is 9.50 Å². The van der Waals surface area contributed by atoms with Crippen LogP contribution in [0.5, 0.6) is 0 Å². The van der Waals surface area contributed by atoms with Crippen LogP contribution in [0.4, 0.5) is 4.39 Å². The zero-order valence-corrected chi connectivity index (χ0v) is 10.3. The molecular formula is C12H17ClFNO. The molecule has 1 rings (SSSR count). The lowest BCUT2D eigenvalue weighted by Gasteiger charge is -2.14. The van der Waals surface area contributed by atoms with Gasteiger partial charge in [-0.05, 0) is 18.5 Å². The molecule has 16 heavy (non-hydrogen) atoms. The van der Waals surface area contributed by atoms with E-state index < -0.39 is 11.9 Å². The van der Waals surface area contributed by atoms with Crippen molar-refractivity contribution in [3.63, 3.8) is 0 Å². The van der Waals surface area contributed by atoms with Crippen molar-refractivity contribution in [2.24, 2.45) is 5.92 Å². The van der Waals surface area contributed by atoms with Gasteiger partial charge in [-0.3, -0.25) is 0 Å². The van der Waals surface area contributed by atoms with Crippen molar-refractivity contribution in [1.82, 2.24) is 5.32 Å². The number of nitrogens with one attached hydrogen (secondary N) is 1. The topological polar surface area (TPSA) is 32.3 Å². The van der Waals surface area contributed by atoms with E-state index in [0.29, 0.717) is 12.5 Å². The number of aliphatic hydroxyl groups excluding tert-OH is 1. The maximum atomic E-state index is 13.5. The molecule has 0 saturated carbocycles. The molecule has 1 aromatic carbocycles. The molecule has 0 aliphatic carbocycles. The van der Waals surface area contributed by atoms with E-state index in [1.165, 1.54) is 6.07 Å². The zero-order valence-electron chi connectivity index (χ0n) is 9.50. The Labute approximate surface area is 100 Å². The van der Waals surface area contributed by atoms with E-state index in [9.17, 15) is 9.50 Å². The van der Waals surface area contributed by atoms with Crippen LogP contribution in [0.2, 0.25) is 5.02 Å². The molecule has 0 aliphatic heterocycles. The van der Waals surface area contributed by atoms with Crippen LogP contribution < -0.4 is 5.32 Å². The molecule has 2 N–H and O–H groups in total. The first kappa shape index (κ1) is 13.4. The molecule has 2 nitrogen and oxygen atoms in total.